The molecule has 0 saturated heterocycles. The molecule has 0 aliphatic rings. The minimum Gasteiger partial charge on any atom is -0.462 e. The fourth-order valence-electron chi connectivity index (χ4n) is 2.59. The van der Waals surface area contributed by atoms with Crippen molar-refractivity contribution in [1.82, 2.24) is 9.99 Å². The molecule has 0 bridgehead atoms. The fraction of sp³-hybridized carbons (Fsp3) is 0.316. The number of benzene rings is 1. The number of carbonyl (C=O) groups excluding carboxylic acids is 2. The summed E-state index contributed by atoms with van der Waals surface area (Å²) in [6, 6.07) is 9.17. The second-order valence-electron chi connectivity index (χ2n) is 5.52. The molecule has 0 spiro atoms. The Morgan fingerprint density at radius 2 is 1.77 bits per heavy atom. The molecule has 7 heteroatoms. The maximum atomic E-state index is 11.8. The molecule has 1 aromatic heterocycles. The Morgan fingerprint density at radius 3 is 2.38 bits per heavy atom. The normalized spacial score (nSPS) is 10.8. The molecule has 2 rings (SSSR count). The molecule has 1 heterocycles. The van der Waals surface area contributed by atoms with Crippen LogP contribution in [-0.2, 0) is 9.47 Å². The van der Waals surface area contributed by atoms with Gasteiger partial charge in [0.05, 0.1) is 25.0 Å². The Kier molecular flexibility index (Phi) is 6.54. The quantitative estimate of drug-likeness (QED) is 0.488. The molecule has 7 nitrogen and oxygen atoms in total. The highest BCUT2D eigenvalue weighted by Gasteiger charge is 2.11. The Balaban J connectivity index is 2.20. The lowest BCUT2D eigenvalue weighted by atomic mass is 10.2. The summed E-state index contributed by atoms with van der Waals surface area (Å²) < 4.78 is 11.8. The van der Waals surface area contributed by atoms with Crippen molar-refractivity contribution in [3.8, 4) is 5.69 Å². The minimum atomic E-state index is -0.591. The van der Waals surface area contributed by atoms with Gasteiger partial charge in [0.1, 0.15) is 0 Å². The van der Waals surface area contributed by atoms with E-state index in [-0.39, 0.29) is 12.6 Å². The molecule has 0 atom stereocenters. The van der Waals surface area contributed by atoms with Gasteiger partial charge in [-0.15, -0.1) is 0 Å². The van der Waals surface area contributed by atoms with Gasteiger partial charge in [-0.1, -0.05) is 0 Å². The molecule has 0 unspecified atom stereocenters. The van der Waals surface area contributed by atoms with Crippen LogP contribution in [0.25, 0.3) is 5.69 Å². The van der Waals surface area contributed by atoms with Crippen molar-refractivity contribution in [3.63, 3.8) is 0 Å². The van der Waals surface area contributed by atoms with E-state index in [4.69, 9.17) is 9.47 Å². The van der Waals surface area contributed by atoms with E-state index in [0.29, 0.717) is 12.2 Å². The van der Waals surface area contributed by atoms with Gasteiger partial charge < -0.3 is 14.0 Å². The maximum Gasteiger partial charge on any atom is 0.427 e. The van der Waals surface area contributed by atoms with Gasteiger partial charge in [0.25, 0.3) is 0 Å². The lowest BCUT2D eigenvalue weighted by molar-refractivity contribution is 0.0526. The summed E-state index contributed by atoms with van der Waals surface area (Å²) in [4.78, 5) is 23.0. The zero-order chi connectivity index (χ0) is 19.1. The van der Waals surface area contributed by atoms with Crippen molar-refractivity contribution in [2.45, 2.75) is 27.7 Å². The van der Waals surface area contributed by atoms with Crippen LogP contribution in [0.5, 0.6) is 0 Å². The Hall–Kier alpha value is -3.09. The van der Waals surface area contributed by atoms with E-state index in [9.17, 15) is 9.59 Å². The molecule has 0 aliphatic heterocycles. The van der Waals surface area contributed by atoms with Crippen LogP contribution >= 0.6 is 0 Å². The van der Waals surface area contributed by atoms with Crippen LogP contribution in [0.4, 0.5) is 4.79 Å². The number of carbonyl (C=O) groups is 2. The van der Waals surface area contributed by atoms with Crippen LogP contribution in [0.2, 0.25) is 0 Å². The third-order valence-electron chi connectivity index (χ3n) is 3.74. The molecule has 138 valence electrons. The van der Waals surface area contributed by atoms with Crippen LogP contribution in [0, 0.1) is 13.8 Å². The minimum absolute atomic E-state index is 0.289. The number of rotatable bonds is 6. The summed E-state index contributed by atoms with van der Waals surface area (Å²) in [6.07, 6.45) is 0.982. The maximum absolute atomic E-state index is 11.8. The zero-order valence-electron chi connectivity index (χ0n) is 15.4. The van der Waals surface area contributed by atoms with Gasteiger partial charge in [-0.3, -0.25) is 0 Å². The van der Waals surface area contributed by atoms with Crippen LogP contribution in [0.3, 0.4) is 0 Å². The highest BCUT2D eigenvalue weighted by Crippen LogP contribution is 2.20. The van der Waals surface area contributed by atoms with Crippen LogP contribution < -0.4 is 5.43 Å². The number of aryl methyl sites for hydroxylation is 1. The number of aromatic nitrogens is 1. The first-order chi connectivity index (χ1) is 12.5. The van der Waals surface area contributed by atoms with Crippen molar-refractivity contribution in [3.05, 3.63) is 52.8 Å². The molecule has 0 aliphatic carbocycles. The molecule has 0 saturated carbocycles. The van der Waals surface area contributed by atoms with Gasteiger partial charge in [-0.2, -0.15) is 5.10 Å². The average molecular weight is 357 g/mol. The SMILES string of the molecule is CCOC(=O)N/N=C/c1cc(C)n(-c2ccc(C(=O)OCC)cc2)c1C. The third kappa shape index (κ3) is 4.50. The van der Waals surface area contributed by atoms with Gasteiger partial charge in [0, 0.05) is 22.6 Å². The smallest absolute Gasteiger partial charge is 0.427 e. The van der Waals surface area contributed by atoms with Gasteiger partial charge >= 0.3 is 12.1 Å². The van der Waals surface area contributed by atoms with Gasteiger partial charge in [-0.25, -0.2) is 15.0 Å². The number of hydrogen-bond donors (Lipinski definition) is 1. The first kappa shape index (κ1) is 19.2. The van der Waals surface area contributed by atoms with E-state index in [1.165, 1.54) is 0 Å². The molecule has 2 aromatic rings. The Bertz CT molecular complexity index is 807. The summed E-state index contributed by atoms with van der Waals surface area (Å²) in [5.41, 5.74) is 6.57. The number of esters is 1. The first-order valence-corrected chi connectivity index (χ1v) is 8.40. The Labute approximate surface area is 152 Å². The number of nitrogens with one attached hydrogen (secondary N) is 1. The van der Waals surface area contributed by atoms with Crippen molar-refractivity contribution in [2.75, 3.05) is 13.2 Å². The van der Waals surface area contributed by atoms with Crippen molar-refractivity contribution >= 4 is 18.3 Å². The molecule has 1 amide bonds. The zero-order valence-corrected chi connectivity index (χ0v) is 15.4. The van der Waals surface area contributed by atoms with Crippen LogP contribution in [0.15, 0.2) is 35.4 Å². The molecule has 0 radical (unpaired) electrons. The first-order valence-electron chi connectivity index (χ1n) is 8.40. The summed E-state index contributed by atoms with van der Waals surface area (Å²) in [6.45, 7) is 8.07. The van der Waals surface area contributed by atoms with E-state index >= 15 is 0 Å². The summed E-state index contributed by atoms with van der Waals surface area (Å²) >= 11 is 0. The lowest BCUT2D eigenvalue weighted by Crippen LogP contribution is -2.18. The number of nitrogens with zero attached hydrogens (tertiary/aromatic N) is 2. The largest absolute Gasteiger partial charge is 0.462 e. The number of hydrogen-bond acceptors (Lipinski definition) is 5. The highest BCUT2D eigenvalue weighted by atomic mass is 16.5. The Morgan fingerprint density at radius 1 is 1.12 bits per heavy atom. The predicted molar refractivity (Wildman–Crippen MR) is 99.0 cm³/mol. The molecule has 1 N–H and O–H groups in total. The van der Waals surface area contributed by atoms with E-state index in [0.717, 1.165) is 22.6 Å². The molecule has 0 fully saturated rings. The highest BCUT2D eigenvalue weighted by molar-refractivity contribution is 5.89. The molecule has 26 heavy (non-hydrogen) atoms. The number of ether oxygens (including phenoxy) is 2. The van der Waals surface area contributed by atoms with Gasteiger partial charge in [-0.05, 0) is 58.0 Å². The fourth-order valence-corrected chi connectivity index (χ4v) is 2.59. The van der Waals surface area contributed by atoms with Crippen molar-refractivity contribution < 1.29 is 19.1 Å². The summed E-state index contributed by atoms with van der Waals surface area (Å²) in [5, 5.41) is 3.90. The van der Waals surface area contributed by atoms with Crippen molar-refractivity contribution in [1.29, 1.82) is 0 Å². The lowest BCUT2D eigenvalue weighted by Gasteiger charge is -2.10. The monoisotopic (exact) mass is 357 g/mol. The molecular weight excluding hydrogens is 334 g/mol. The van der Waals surface area contributed by atoms with E-state index in [1.807, 2.05) is 36.6 Å². The predicted octanol–water partition coefficient (Wildman–Crippen LogP) is 3.35. The van der Waals surface area contributed by atoms with Gasteiger partial charge in [0.2, 0.25) is 0 Å². The molecule has 1 aromatic carbocycles. The standard InChI is InChI=1S/C19H23N3O4/c1-5-25-18(23)15-7-9-17(10-8-15)22-13(3)11-16(14(22)4)12-20-21-19(24)26-6-2/h7-12H,5-6H2,1-4H3,(H,21,24)/b20-12+. The summed E-state index contributed by atoms with van der Waals surface area (Å²) in [7, 11) is 0. The van der Waals surface area contributed by atoms with E-state index in [2.05, 4.69) is 10.5 Å². The topological polar surface area (TPSA) is 81.9 Å². The second-order valence-corrected chi connectivity index (χ2v) is 5.52. The average Bonchev–Trinajstić information content (AvgIpc) is 2.89. The number of amides is 1. The third-order valence-corrected chi connectivity index (χ3v) is 3.74. The van der Waals surface area contributed by atoms with Gasteiger partial charge in [0.15, 0.2) is 0 Å². The number of hydrazone groups is 1. The van der Waals surface area contributed by atoms with Crippen LogP contribution in [0.1, 0.15) is 41.2 Å². The molecular formula is C19H23N3O4. The van der Waals surface area contributed by atoms with Crippen LogP contribution in [-0.4, -0.2) is 36.1 Å². The van der Waals surface area contributed by atoms with E-state index in [1.54, 1.807) is 32.2 Å². The van der Waals surface area contributed by atoms with Crippen molar-refractivity contribution in [2.24, 2.45) is 5.10 Å². The summed E-state index contributed by atoms with van der Waals surface area (Å²) in [5.74, 6) is -0.335. The van der Waals surface area contributed by atoms with E-state index < -0.39 is 6.09 Å². The second kappa shape index (κ2) is 8.84.